The van der Waals surface area contributed by atoms with Crippen LogP contribution >= 0.6 is 0 Å². The largest absolute Gasteiger partial charge is 2.00 e. The maximum Gasteiger partial charge on any atom is 2.00 e. The molecule has 0 atom stereocenters. The Morgan fingerprint density at radius 3 is 2.00 bits per heavy atom. The van der Waals surface area contributed by atoms with Crippen molar-refractivity contribution in [1.29, 1.82) is 0 Å². The van der Waals surface area contributed by atoms with E-state index in [1.807, 2.05) is 6.92 Å². The van der Waals surface area contributed by atoms with Crippen LogP contribution in [-0.2, 0) is 29.9 Å². The van der Waals surface area contributed by atoms with Crippen molar-refractivity contribution in [2.45, 2.75) is 6.92 Å². The molecule has 0 saturated carbocycles. The number of imidazole rings is 1. The Bertz CT molecular complexity index is 274. The first-order valence-electron chi connectivity index (χ1n) is 2.52. The zero-order valence-electron chi connectivity index (χ0n) is 6.35. The Balaban J connectivity index is 0. The van der Waals surface area contributed by atoms with E-state index in [2.05, 4.69) is 9.97 Å². The fraction of sp³-hybridized carbons (Fsp3) is 0.250. The third kappa shape index (κ3) is 16.4. The quantitative estimate of drug-likeness (QED) is 0.371. The van der Waals surface area contributed by atoms with Crippen molar-refractivity contribution in [3.63, 3.8) is 0 Å². The van der Waals surface area contributed by atoms with Crippen molar-refractivity contribution in [1.82, 2.24) is 9.97 Å². The fourth-order valence-electron chi connectivity index (χ4n) is 0.344. The van der Waals surface area contributed by atoms with E-state index in [9.17, 15) is 0 Å². The Labute approximate surface area is 82.7 Å². The summed E-state index contributed by atoms with van der Waals surface area (Å²) in [7, 11) is -5.17. The van der Waals surface area contributed by atoms with Gasteiger partial charge in [-0.3, -0.25) is 8.42 Å². The molecule has 8 heteroatoms. The minimum Gasteiger partial charge on any atom is -0.759 e. The second kappa shape index (κ2) is 6.24. The molecule has 0 aromatic carbocycles. The number of H-pyrrole nitrogens is 1. The fourth-order valence-corrected chi connectivity index (χ4v) is 0.344. The van der Waals surface area contributed by atoms with Crippen LogP contribution in [0.1, 0.15) is 5.82 Å². The summed E-state index contributed by atoms with van der Waals surface area (Å²) in [6, 6.07) is 0. The van der Waals surface area contributed by atoms with E-state index in [1.54, 1.807) is 12.4 Å². The van der Waals surface area contributed by atoms with Gasteiger partial charge in [-0.2, -0.15) is 0 Å². The van der Waals surface area contributed by atoms with Crippen LogP contribution in [0.4, 0.5) is 0 Å². The van der Waals surface area contributed by atoms with Gasteiger partial charge in [0.1, 0.15) is 5.82 Å². The predicted molar refractivity (Wildman–Crippen MR) is 33.8 cm³/mol. The Morgan fingerprint density at radius 1 is 1.50 bits per heavy atom. The summed E-state index contributed by atoms with van der Waals surface area (Å²) >= 11 is 0. The van der Waals surface area contributed by atoms with E-state index in [4.69, 9.17) is 17.5 Å². The van der Waals surface area contributed by atoms with Crippen molar-refractivity contribution in [2.75, 3.05) is 0 Å². The van der Waals surface area contributed by atoms with E-state index in [-0.39, 0.29) is 19.5 Å². The smallest absolute Gasteiger partial charge is 0.759 e. The summed E-state index contributed by atoms with van der Waals surface area (Å²) in [5, 5.41) is 0. The van der Waals surface area contributed by atoms with Crippen LogP contribution in [0.3, 0.4) is 0 Å². The van der Waals surface area contributed by atoms with E-state index in [0.717, 1.165) is 5.82 Å². The monoisotopic (exact) mass is 242 g/mol. The molecule has 12 heavy (non-hydrogen) atoms. The zero-order chi connectivity index (χ0) is 8.91. The molecule has 0 aliphatic heterocycles. The van der Waals surface area contributed by atoms with Gasteiger partial charge < -0.3 is 14.1 Å². The van der Waals surface area contributed by atoms with Gasteiger partial charge in [-0.1, -0.05) is 0 Å². The molecule has 0 saturated heterocycles. The topological polar surface area (TPSA) is 109 Å². The Morgan fingerprint density at radius 2 is 1.92 bits per heavy atom. The first kappa shape index (κ1) is 14.2. The molecule has 0 aliphatic rings. The third-order valence-electron chi connectivity index (χ3n) is 0.635. The molecule has 1 heterocycles. The molecule has 0 amide bonds. The second-order valence-corrected chi connectivity index (χ2v) is 2.40. The van der Waals surface area contributed by atoms with Crippen molar-refractivity contribution in [3.8, 4) is 0 Å². The molecule has 0 aliphatic carbocycles. The van der Waals surface area contributed by atoms with Crippen molar-refractivity contribution in [3.05, 3.63) is 18.2 Å². The van der Waals surface area contributed by atoms with Gasteiger partial charge in [0.25, 0.3) is 0 Å². The molecule has 1 rings (SSSR count). The molecule has 1 aromatic heterocycles. The van der Waals surface area contributed by atoms with E-state index >= 15 is 0 Å². The molecular weight excluding hydrogens is 238 g/mol. The standard InChI is InChI=1S/C4H6N2.H2O4S.Zn/c1-4-5-2-3-6-4;1-5(2,3)4;/h2-3H,1H3,(H,5,6);(H2,1,2,3,4);/q;;+2/p-2. The van der Waals surface area contributed by atoms with Crippen molar-refractivity contribution < 1.29 is 37.0 Å². The number of hydrogen-bond donors (Lipinski definition) is 1. The third-order valence-corrected chi connectivity index (χ3v) is 0.635. The van der Waals surface area contributed by atoms with Crippen molar-refractivity contribution in [2.24, 2.45) is 0 Å². The van der Waals surface area contributed by atoms with Crippen LogP contribution in [0.15, 0.2) is 12.4 Å². The average molecular weight is 244 g/mol. The normalized spacial score (nSPS) is 9.25. The van der Waals surface area contributed by atoms with Crippen LogP contribution in [0.25, 0.3) is 0 Å². The summed E-state index contributed by atoms with van der Waals surface area (Å²) < 4.78 is 34.1. The number of nitrogens with one attached hydrogen (secondary N) is 1. The first-order chi connectivity index (χ1) is 4.89. The number of aromatic nitrogens is 2. The number of nitrogens with zero attached hydrogens (tertiary/aromatic N) is 1. The molecule has 6 nitrogen and oxygen atoms in total. The van der Waals surface area contributed by atoms with Crippen LogP contribution in [-0.4, -0.2) is 27.5 Å². The van der Waals surface area contributed by atoms with Crippen molar-refractivity contribution >= 4 is 10.4 Å². The van der Waals surface area contributed by atoms with Crippen LogP contribution in [0.2, 0.25) is 0 Å². The van der Waals surface area contributed by atoms with Gasteiger partial charge in [0.15, 0.2) is 0 Å². The molecule has 1 aromatic rings. The molecule has 0 spiro atoms. The molecule has 0 radical (unpaired) electrons. The molecule has 1 N–H and O–H groups in total. The van der Waals surface area contributed by atoms with E-state index in [0.29, 0.717) is 0 Å². The summed E-state index contributed by atoms with van der Waals surface area (Å²) in [6.45, 7) is 1.92. The molecule has 0 bridgehead atoms. The average Bonchev–Trinajstić information content (AvgIpc) is 2.12. The van der Waals surface area contributed by atoms with E-state index < -0.39 is 10.4 Å². The first-order valence-corrected chi connectivity index (χ1v) is 3.85. The maximum absolute atomic E-state index is 8.52. The number of aryl methyl sites for hydroxylation is 1. The van der Waals surface area contributed by atoms with Gasteiger partial charge in [-0.05, 0) is 6.92 Å². The van der Waals surface area contributed by atoms with E-state index in [1.165, 1.54) is 0 Å². The second-order valence-electron chi connectivity index (χ2n) is 1.58. The minimum atomic E-state index is -5.17. The molecule has 0 fully saturated rings. The van der Waals surface area contributed by atoms with Gasteiger partial charge in [0.05, 0.1) is 0 Å². The Hall–Kier alpha value is -0.297. The molecule has 64 valence electrons. The predicted octanol–water partition coefficient (Wildman–Crippen LogP) is -0.622. The van der Waals surface area contributed by atoms with Gasteiger partial charge in [0, 0.05) is 22.8 Å². The van der Waals surface area contributed by atoms with Gasteiger partial charge in [-0.15, -0.1) is 0 Å². The maximum atomic E-state index is 8.52. The summed E-state index contributed by atoms with van der Waals surface area (Å²) in [5.74, 6) is 0.968. The number of rotatable bonds is 0. The van der Waals surface area contributed by atoms with Gasteiger partial charge in [0.2, 0.25) is 0 Å². The van der Waals surface area contributed by atoms with Gasteiger partial charge in [-0.25, -0.2) is 4.98 Å². The number of hydrogen-bond acceptors (Lipinski definition) is 5. The minimum absolute atomic E-state index is 0. The summed E-state index contributed by atoms with van der Waals surface area (Å²) in [6.07, 6.45) is 3.53. The van der Waals surface area contributed by atoms with Crippen LogP contribution in [0, 0.1) is 6.92 Å². The van der Waals surface area contributed by atoms with Crippen LogP contribution in [0.5, 0.6) is 0 Å². The SMILES string of the molecule is Cc1ncc[nH]1.O=S(=O)([O-])[O-].[Zn+2]. The molecular formula is C4H6N2O4SZn. The summed E-state index contributed by atoms with van der Waals surface area (Å²) in [4.78, 5) is 6.75. The van der Waals surface area contributed by atoms with Gasteiger partial charge >= 0.3 is 19.5 Å². The zero-order valence-corrected chi connectivity index (χ0v) is 10.1. The van der Waals surface area contributed by atoms with Crippen LogP contribution < -0.4 is 0 Å². The summed E-state index contributed by atoms with van der Waals surface area (Å²) in [5.41, 5.74) is 0. The number of aromatic amines is 1. The molecule has 0 unspecified atom stereocenters. The Kier molecular flexibility index (Phi) is 7.41.